The molecule has 152 valence electrons. The maximum Gasteiger partial charge on any atom is 0.166 e. The largest absolute Gasteiger partial charge is 0.487 e. The molecule has 1 aliphatic rings. The standard InChI is InChI=1S/C21H22ClFN4O2/c22-17-8-15(3-6-18(17)23)27-12-28-20-9-19-13(10-25-11-26-19)7-21(20)29-16-4-1-14(24)2-5-16/h3,6-11,14,16,27H,1-2,4-5,12,24H2. The fourth-order valence-electron chi connectivity index (χ4n) is 3.38. The van der Waals surface area contributed by atoms with Crippen molar-refractivity contribution in [2.24, 2.45) is 5.73 Å². The minimum Gasteiger partial charge on any atom is -0.487 e. The van der Waals surface area contributed by atoms with Crippen LogP contribution in [0.1, 0.15) is 25.7 Å². The Morgan fingerprint density at radius 1 is 1.14 bits per heavy atom. The summed E-state index contributed by atoms with van der Waals surface area (Å²) < 4.78 is 25.5. The molecule has 0 unspecified atom stereocenters. The molecule has 0 aliphatic heterocycles. The first-order valence-corrected chi connectivity index (χ1v) is 9.94. The Hall–Kier alpha value is -2.64. The zero-order valence-corrected chi connectivity index (χ0v) is 16.5. The van der Waals surface area contributed by atoms with Crippen LogP contribution in [0.15, 0.2) is 42.9 Å². The van der Waals surface area contributed by atoms with Crippen LogP contribution >= 0.6 is 11.6 Å². The van der Waals surface area contributed by atoms with Crippen LogP contribution in [-0.4, -0.2) is 28.8 Å². The number of nitrogens with one attached hydrogen (secondary N) is 1. The Morgan fingerprint density at radius 3 is 2.76 bits per heavy atom. The third-order valence-corrected chi connectivity index (χ3v) is 5.30. The predicted molar refractivity (Wildman–Crippen MR) is 111 cm³/mol. The van der Waals surface area contributed by atoms with Crippen molar-refractivity contribution in [3.05, 3.63) is 53.7 Å². The number of fused-ring (bicyclic) bond motifs is 1. The quantitative estimate of drug-likeness (QED) is 0.575. The van der Waals surface area contributed by atoms with E-state index in [-0.39, 0.29) is 23.9 Å². The van der Waals surface area contributed by atoms with Gasteiger partial charge in [0.25, 0.3) is 0 Å². The van der Waals surface area contributed by atoms with Crippen molar-refractivity contribution in [3.63, 3.8) is 0 Å². The monoisotopic (exact) mass is 416 g/mol. The molecule has 0 bridgehead atoms. The zero-order valence-electron chi connectivity index (χ0n) is 15.8. The molecule has 1 fully saturated rings. The van der Waals surface area contributed by atoms with Gasteiger partial charge in [-0.1, -0.05) is 11.6 Å². The first-order chi connectivity index (χ1) is 14.1. The summed E-state index contributed by atoms with van der Waals surface area (Å²) in [6.45, 7) is 0.157. The summed E-state index contributed by atoms with van der Waals surface area (Å²) in [5, 5.41) is 4.00. The molecule has 1 heterocycles. The second kappa shape index (κ2) is 8.80. The molecular formula is C21H22ClFN4O2. The van der Waals surface area contributed by atoms with Crippen molar-refractivity contribution < 1.29 is 13.9 Å². The van der Waals surface area contributed by atoms with E-state index in [1.807, 2.05) is 12.1 Å². The normalized spacial score (nSPS) is 19.1. The summed E-state index contributed by atoms with van der Waals surface area (Å²) >= 11 is 5.82. The van der Waals surface area contributed by atoms with Crippen molar-refractivity contribution in [1.29, 1.82) is 0 Å². The third kappa shape index (κ3) is 4.86. The number of nitrogens with two attached hydrogens (primary N) is 1. The van der Waals surface area contributed by atoms with E-state index in [9.17, 15) is 4.39 Å². The number of aromatic nitrogens is 2. The molecule has 4 rings (SSSR count). The molecule has 3 N–H and O–H groups in total. The van der Waals surface area contributed by atoms with Crippen LogP contribution in [0.2, 0.25) is 5.02 Å². The molecule has 0 radical (unpaired) electrons. The molecule has 0 spiro atoms. The smallest absolute Gasteiger partial charge is 0.166 e. The van der Waals surface area contributed by atoms with Crippen molar-refractivity contribution in [2.45, 2.75) is 37.8 Å². The van der Waals surface area contributed by atoms with Crippen LogP contribution in [0.5, 0.6) is 11.5 Å². The number of nitrogens with zero attached hydrogens (tertiary/aromatic N) is 2. The molecule has 1 saturated carbocycles. The molecular weight excluding hydrogens is 395 g/mol. The Kier molecular flexibility index (Phi) is 5.97. The van der Waals surface area contributed by atoms with Crippen molar-refractivity contribution in [1.82, 2.24) is 9.97 Å². The van der Waals surface area contributed by atoms with Crippen molar-refractivity contribution in [2.75, 3.05) is 12.0 Å². The maximum atomic E-state index is 13.3. The van der Waals surface area contributed by atoms with Gasteiger partial charge < -0.3 is 20.5 Å². The number of anilines is 1. The van der Waals surface area contributed by atoms with E-state index >= 15 is 0 Å². The molecule has 2 aromatic carbocycles. The van der Waals surface area contributed by atoms with Gasteiger partial charge in [-0.2, -0.15) is 0 Å². The summed E-state index contributed by atoms with van der Waals surface area (Å²) in [7, 11) is 0. The maximum absolute atomic E-state index is 13.3. The summed E-state index contributed by atoms with van der Waals surface area (Å²) in [6.07, 6.45) is 7.06. The number of rotatable bonds is 6. The Bertz CT molecular complexity index is 996. The first-order valence-electron chi connectivity index (χ1n) is 9.56. The number of hydrogen-bond acceptors (Lipinski definition) is 6. The average Bonchev–Trinajstić information content (AvgIpc) is 2.72. The van der Waals surface area contributed by atoms with Gasteiger partial charge in [-0.05, 0) is 49.9 Å². The minimum atomic E-state index is -0.463. The van der Waals surface area contributed by atoms with Crippen LogP contribution < -0.4 is 20.5 Å². The highest BCUT2D eigenvalue weighted by Crippen LogP contribution is 2.34. The Labute approximate surface area is 173 Å². The van der Waals surface area contributed by atoms with Gasteiger partial charge in [0, 0.05) is 29.4 Å². The van der Waals surface area contributed by atoms with E-state index in [2.05, 4.69) is 15.3 Å². The average molecular weight is 417 g/mol. The third-order valence-electron chi connectivity index (χ3n) is 5.01. The SMILES string of the molecule is NC1CCC(Oc2cc3cncnc3cc2OCNc2ccc(F)c(Cl)c2)CC1. The van der Waals surface area contributed by atoms with Crippen molar-refractivity contribution >= 4 is 28.2 Å². The van der Waals surface area contributed by atoms with Gasteiger partial charge >= 0.3 is 0 Å². The summed E-state index contributed by atoms with van der Waals surface area (Å²) in [4.78, 5) is 8.36. The van der Waals surface area contributed by atoms with Gasteiger partial charge in [0.15, 0.2) is 18.2 Å². The van der Waals surface area contributed by atoms with E-state index in [0.29, 0.717) is 17.2 Å². The van der Waals surface area contributed by atoms with Crippen LogP contribution in [0.25, 0.3) is 10.9 Å². The molecule has 29 heavy (non-hydrogen) atoms. The van der Waals surface area contributed by atoms with Gasteiger partial charge in [0.2, 0.25) is 0 Å². The van der Waals surface area contributed by atoms with Crippen LogP contribution in [0.4, 0.5) is 10.1 Å². The Morgan fingerprint density at radius 2 is 1.97 bits per heavy atom. The van der Waals surface area contributed by atoms with E-state index in [1.165, 1.54) is 18.5 Å². The molecule has 0 saturated heterocycles. The molecule has 0 amide bonds. The van der Waals surface area contributed by atoms with Crippen LogP contribution in [-0.2, 0) is 0 Å². The number of hydrogen-bond donors (Lipinski definition) is 2. The molecule has 3 aromatic rings. The topological polar surface area (TPSA) is 82.3 Å². The minimum absolute atomic E-state index is 0.0527. The lowest BCUT2D eigenvalue weighted by Gasteiger charge is -2.27. The molecule has 8 heteroatoms. The highest BCUT2D eigenvalue weighted by Gasteiger charge is 2.21. The fraction of sp³-hybridized carbons (Fsp3) is 0.333. The van der Waals surface area contributed by atoms with Crippen LogP contribution in [0, 0.1) is 5.82 Å². The number of halogens is 2. The van der Waals surface area contributed by atoms with Gasteiger partial charge in [0.05, 0.1) is 16.6 Å². The molecule has 1 aliphatic carbocycles. The Balaban J connectivity index is 1.50. The highest BCUT2D eigenvalue weighted by molar-refractivity contribution is 6.31. The molecule has 1 aromatic heterocycles. The summed E-state index contributed by atoms with van der Waals surface area (Å²) in [5.74, 6) is 0.758. The van der Waals surface area contributed by atoms with E-state index in [4.69, 9.17) is 26.8 Å². The summed E-state index contributed by atoms with van der Waals surface area (Å²) in [5.41, 5.74) is 7.42. The van der Waals surface area contributed by atoms with E-state index < -0.39 is 5.82 Å². The van der Waals surface area contributed by atoms with E-state index in [0.717, 1.165) is 36.6 Å². The predicted octanol–water partition coefficient (Wildman–Crippen LogP) is 4.52. The lowest BCUT2D eigenvalue weighted by atomic mass is 9.94. The molecule has 0 atom stereocenters. The van der Waals surface area contributed by atoms with E-state index in [1.54, 1.807) is 12.3 Å². The highest BCUT2D eigenvalue weighted by atomic mass is 35.5. The van der Waals surface area contributed by atoms with Gasteiger partial charge in [-0.25, -0.2) is 14.4 Å². The van der Waals surface area contributed by atoms with Gasteiger partial charge in [-0.3, -0.25) is 0 Å². The van der Waals surface area contributed by atoms with Crippen LogP contribution in [0.3, 0.4) is 0 Å². The number of ether oxygens (including phenoxy) is 2. The zero-order chi connectivity index (χ0) is 20.2. The van der Waals surface area contributed by atoms with Crippen molar-refractivity contribution in [3.8, 4) is 11.5 Å². The second-order valence-electron chi connectivity index (χ2n) is 7.13. The molecule has 6 nitrogen and oxygen atoms in total. The first kappa shape index (κ1) is 19.7. The van der Waals surface area contributed by atoms with Gasteiger partial charge in [0.1, 0.15) is 12.1 Å². The van der Waals surface area contributed by atoms with Gasteiger partial charge in [-0.15, -0.1) is 0 Å². The lowest BCUT2D eigenvalue weighted by Crippen LogP contribution is -2.31. The number of benzene rings is 2. The summed E-state index contributed by atoms with van der Waals surface area (Å²) in [6, 6.07) is 8.40. The second-order valence-corrected chi connectivity index (χ2v) is 7.54. The fourth-order valence-corrected chi connectivity index (χ4v) is 3.56. The lowest BCUT2D eigenvalue weighted by molar-refractivity contribution is 0.141.